The molecule has 4 heteroatoms. The molecule has 3 rings (SSSR count). The molecule has 1 unspecified atom stereocenters. The van der Waals surface area contributed by atoms with Gasteiger partial charge in [0.1, 0.15) is 5.82 Å². The minimum atomic E-state index is 0.567. The van der Waals surface area contributed by atoms with Crippen molar-refractivity contribution in [1.29, 1.82) is 0 Å². The van der Waals surface area contributed by atoms with Gasteiger partial charge in [-0.15, -0.1) is 0 Å². The summed E-state index contributed by atoms with van der Waals surface area (Å²) in [4.78, 5) is 7.32. The van der Waals surface area contributed by atoms with Crippen molar-refractivity contribution in [3.8, 4) is 0 Å². The standard InChI is InChI=1S/C16H24N4/c1-3-16-18-14-10-13(17)6-7-15(14)20(16)11-12(2)19-8-4-5-9-19/h6-7,10,12H,3-5,8-9,11,17H2,1-2H3. The third-order valence-corrected chi connectivity index (χ3v) is 4.38. The molecule has 2 heterocycles. The van der Waals surface area contributed by atoms with Crippen LogP contribution in [0.5, 0.6) is 0 Å². The maximum absolute atomic E-state index is 5.87. The predicted molar refractivity (Wildman–Crippen MR) is 83.8 cm³/mol. The number of hydrogen-bond acceptors (Lipinski definition) is 3. The van der Waals surface area contributed by atoms with E-state index in [4.69, 9.17) is 10.7 Å². The molecule has 0 saturated carbocycles. The number of nitrogens with zero attached hydrogens (tertiary/aromatic N) is 3. The lowest BCUT2D eigenvalue weighted by molar-refractivity contribution is 0.236. The largest absolute Gasteiger partial charge is 0.399 e. The molecule has 0 spiro atoms. The summed E-state index contributed by atoms with van der Waals surface area (Å²) in [7, 11) is 0. The molecule has 0 radical (unpaired) electrons. The van der Waals surface area contributed by atoms with Crippen molar-refractivity contribution in [3.05, 3.63) is 24.0 Å². The zero-order valence-corrected chi connectivity index (χ0v) is 12.5. The van der Waals surface area contributed by atoms with Gasteiger partial charge in [-0.1, -0.05) is 6.92 Å². The van der Waals surface area contributed by atoms with Crippen molar-refractivity contribution in [1.82, 2.24) is 14.5 Å². The Kier molecular flexibility index (Phi) is 3.66. The Balaban J connectivity index is 1.92. The molecule has 4 nitrogen and oxygen atoms in total. The number of aromatic nitrogens is 2. The SMILES string of the molecule is CCc1nc2cc(N)ccc2n1CC(C)N1CCCC1. The van der Waals surface area contributed by atoms with E-state index in [1.165, 1.54) is 31.4 Å². The first-order valence-corrected chi connectivity index (χ1v) is 7.67. The van der Waals surface area contributed by atoms with E-state index in [-0.39, 0.29) is 0 Å². The quantitative estimate of drug-likeness (QED) is 0.870. The second-order valence-corrected chi connectivity index (χ2v) is 5.83. The van der Waals surface area contributed by atoms with Gasteiger partial charge < -0.3 is 10.3 Å². The molecule has 1 aliphatic rings. The Bertz CT molecular complexity index is 596. The zero-order valence-electron chi connectivity index (χ0n) is 12.5. The van der Waals surface area contributed by atoms with Gasteiger partial charge in [-0.3, -0.25) is 4.90 Å². The van der Waals surface area contributed by atoms with Gasteiger partial charge >= 0.3 is 0 Å². The van der Waals surface area contributed by atoms with Crippen LogP contribution in [0.4, 0.5) is 5.69 Å². The van der Waals surface area contributed by atoms with Gasteiger partial charge in [-0.25, -0.2) is 4.98 Å². The van der Waals surface area contributed by atoms with Crippen molar-refractivity contribution >= 4 is 16.7 Å². The van der Waals surface area contributed by atoms with E-state index < -0.39 is 0 Å². The summed E-state index contributed by atoms with van der Waals surface area (Å²) in [5.41, 5.74) is 8.89. The van der Waals surface area contributed by atoms with Crippen molar-refractivity contribution < 1.29 is 0 Å². The Morgan fingerprint density at radius 1 is 1.30 bits per heavy atom. The van der Waals surface area contributed by atoms with Crippen LogP contribution < -0.4 is 5.73 Å². The minimum absolute atomic E-state index is 0.567. The van der Waals surface area contributed by atoms with Crippen LogP contribution in [0.3, 0.4) is 0 Å². The fourth-order valence-electron chi connectivity index (χ4n) is 3.23. The molecule has 1 fully saturated rings. The predicted octanol–water partition coefficient (Wildman–Crippen LogP) is 2.67. The number of nitrogen functional groups attached to an aromatic ring is 1. The first kappa shape index (κ1) is 13.4. The lowest BCUT2D eigenvalue weighted by Crippen LogP contribution is -2.34. The van der Waals surface area contributed by atoms with Crippen molar-refractivity contribution in [3.63, 3.8) is 0 Å². The average Bonchev–Trinajstić information content (AvgIpc) is 3.06. The maximum atomic E-state index is 5.87. The van der Waals surface area contributed by atoms with E-state index in [1.54, 1.807) is 0 Å². The molecule has 0 bridgehead atoms. The summed E-state index contributed by atoms with van der Waals surface area (Å²) in [6.45, 7) is 7.99. The van der Waals surface area contributed by atoms with Gasteiger partial charge in [-0.05, 0) is 51.1 Å². The van der Waals surface area contributed by atoms with E-state index in [0.29, 0.717) is 6.04 Å². The average molecular weight is 272 g/mol. The Labute approximate surface area is 120 Å². The van der Waals surface area contributed by atoms with Crippen LogP contribution in [-0.4, -0.2) is 33.6 Å². The number of nitrogens with two attached hydrogens (primary N) is 1. The molecule has 2 aromatic rings. The fraction of sp³-hybridized carbons (Fsp3) is 0.562. The highest BCUT2D eigenvalue weighted by Gasteiger charge is 2.20. The second-order valence-electron chi connectivity index (χ2n) is 5.83. The van der Waals surface area contributed by atoms with Crippen molar-refractivity contribution in [2.24, 2.45) is 0 Å². The number of anilines is 1. The summed E-state index contributed by atoms with van der Waals surface area (Å²) in [6.07, 6.45) is 3.64. The molecule has 0 aliphatic carbocycles. The van der Waals surface area contributed by atoms with Gasteiger partial charge in [0.2, 0.25) is 0 Å². The number of fused-ring (bicyclic) bond motifs is 1. The number of rotatable bonds is 4. The van der Waals surface area contributed by atoms with Crippen molar-refractivity contribution in [2.75, 3.05) is 18.8 Å². The summed E-state index contributed by atoms with van der Waals surface area (Å²) in [5.74, 6) is 1.16. The van der Waals surface area contributed by atoms with Crippen molar-refractivity contribution in [2.45, 2.75) is 45.7 Å². The highest BCUT2D eigenvalue weighted by molar-refractivity contribution is 5.79. The molecule has 108 valence electrons. The molecule has 0 amide bonds. The Morgan fingerprint density at radius 3 is 2.75 bits per heavy atom. The molecule has 2 N–H and O–H groups in total. The monoisotopic (exact) mass is 272 g/mol. The molecule has 20 heavy (non-hydrogen) atoms. The fourth-order valence-corrected chi connectivity index (χ4v) is 3.23. The van der Waals surface area contributed by atoms with E-state index >= 15 is 0 Å². The van der Waals surface area contributed by atoms with Gasteiger partial charge in [0.25, 0.3) is 0 Å². The lowest BCUT2D eigenvalue weighted by Gasteiger charge is -2.25. The van der Waals surface area contributed by atoms with E-state index in [2.05, 4.69) is 29.4 Å². The third kappa shape index (κ3) is 2.40. The summed E-state index contributed by atoms with van der Waals surface area (Å²) in [5, 5.41) is 0. The number of imidazole rings is 1. The minimum Gasteiger partial charge on any atom is -0.399 e. The van der Waals surface area contributed by atoms with Crippen LogP contribution in [0.2, 0.25) is 0 Å². The smallest absolute Gasteiger partial charge is 0.109 e. The molecular weight excluding hydrogens is 248 g/mol. The third-order valence-electron chi connectivity index (χ3n) is 4.38. The van der Waals surface area contributed by atoms with Crippen LogP contribution in [0.25, 0.3) is 11.0 Å². The van der Waals surface area contributed by atoms with Crippen LogP contribution in [0.1, 0.15) is 32.5 Å². The first-order chi connectivity index (χ1) is 9.69. The van der Waals surface area contributed by atoms with E-state index in [1.807, 2.05) is 12.1 Å². The number of aryl methyl sites for hydroxylation is 1. The Morgan fingerprint density at radius 2 is 2.05 bits per heavy atom. The van der Waals surface area contributed by atoms with Crippen LogP contribution in [-0.2, 0) is 13.0 Å². The summed E-state index contributed by atoms with van der Waals surface area (Å²) in [6, 6.07) is 6.62. The summed E-state index contributed by atoms with van der Waals surface area (Å²) < 4.78 is 2.37. The van der Waals surface area contributed by atoms with E-state index in [9.17, 15) is 0 Å². The first-order valence-electron chi connectivity index (χ1n) is 7.67. The molecule has 1 atom stereocenters. The second kappa shape index (κ2) is 5.44. The molecule has 1 aromatic carbocycles. The van der Waals surface area contributed by atoms with Gasteiger partial charge in [0.05, 0.1) is 11.0 Å². The number of benzene rings is 1. The van der Waals surface area contributed by atoms with Crippen LogP contribution in [0.15, 0.2) is 18.2 Å². The molecule has 1 aromatic heterocycles. The van der Waals surface area contributed by atoms with Crippen LogP contribution in [0, 0.1) is 0 Å². The zero-order chi connectivity index (χ0) is 14.1. The lowest BCUT2D eigenvalue weighted by atomic mass is 10.2. The maximum Gasteiger partial charge on any atom is 0.109 e. The highest BCUT2D eigenvalue weighted by Crippen LogP contribution is 2.21. The van der Waals surface area contributed by atoms with Gasteiger partial charge in [0.15, 0.2) is 0 Å². The normalized spacial score (nSPS) is 17.9. The molecule has 1 saturated heterocycles. The van der Waals surface area contributed by atoms with Crippen LogP contribution >= 0.6 is 0 Å². The Hall–Kier alpha value is -1.55. The molecule has 1 aliphatic heterocycles. The van der Waals surface area contributed by atoms with E-state index in [0.717, 1.165) is 30.0 Å². The highest BCUT2D eigenvalue weighted by atomic mass is 15.2. The molecular formula is C16H24N4. The van der Waals surface area contributed by atoms with Gasteiger partial charge in [-0.2, -0.15) is 0 Å². The number of hydrogen-bond donors (Lipinski definition) is 1. The summed E-state index contributed by atoms with van der Waals surface area (Å²) >= 11 is 0. The topological polar surface area (TPSA) is 47.1 Å². The number of likely N-dealkylation sites (tertiary alicyclic amines) is 1. The van der Waals surface area contributed by atoms with Gasteiger partial charge in [0, 0.05) is 24.7 Å².